The molecular weight excluding hydrogens is 326 g/mol. The monoisotopic (exact) mass is 347 g/mol. The van der Waals surface area contributed by atoms with Gasteiger partial charge in [0.05, 0.1) is 36.4 Å². The lowest BCUT2D eigenvalue weighted by Crippen LogP contribution is -2.42. The molecule has 0 radical (unpaired) electrons. The van der Waals surface area contributed by atoms with E-state index >= 15 is 0 Å². The number of aryl methyl sites for hydroxylation is 1. The maximum absolute atomic E-state index is 12.4. The second-order valence-electron chi connectivity index (χ2n) is 6.10. The van der Waals surface area contributed by atoms with Gasteiger partial charge < -0.3 is 15.2 Å². The summed E-state index contributed by atoms with van der Waals surface area (Å²) in [6, 6.07) is 3.54. The Bertz CT molecular complexity index is 695. The van der Waals surface area contributed by atoms with Gasteiger partial charge in [-0.1, -0.05) is 6.07 Å². The van der Waals surface area contributed by atoms with E-state index < -0.39 is 0 Å². The standard InChI is InChI=1S/C17H21N3O3S/c1-10-19-13(9-24-10)7-15(22)20-17(12-5-14(21)6-12)11-3-4-16(23-2)18-8-11/h3-4,8-9,12,14,17,21H,5-7H2,1-2H3,(H,20,22)/t12?,14?,17-/m1/s1. The van der Waals surface area contributed by atoms with Crippen molar-refractivity contribution in [2.45, 2.75) is 38.3 Å². The number of hydrogen-bond donors (Lipinski definition) is 2. The molecule has 2 heterocycles. The maximum atomic E-state index is 12.4. The number of amides is 1. The lowest BCUT2D eigenvalue weighted by molar-refractivity contribution is -0.122. The van der Waals surface area contributed by atoms with Crippen LogP contribution in [0, 0.1) is 12.8 Å². The summed E-state index contributed by atoms with van der Waals surface area (Å²) in [4.78, 5) is 21.0. The number of pyridine rings is 1. The van der Waals surface area contributed by atoms with Gasteiger partial charge in [0.25, 0.3) is 0 Å². The second-order valence-corrected chi connectivity index (χ2v) is 7.16. The number of nitrogens with zero attached hydrogens (tertiary/aromatic N) is 2. The third-order valence-corrected chi connectivity index (χ3v) is 5.10. The van der Waals surface area contributed by atoms with Crippen molar-refractivity contribution in [1.82, 2.24) is 15.3 Å². The van der Waals surface area contributed by atoms with Crippen molar-refractivity contribution in [1.29, 1.82) is 0 Å². The number of carbonyl (C=O) groups is 1. The molecule has 0 aliphatic heterocycles. The Hall–Kier alpha value is -1.99. The molecule has 2 N–H and O–H groups in total. The van der Waals surface area contributed by atoms with Crippen LogP contribution in [0.15, 0.2) is 23.7 Å². The van der Waals surface area contributed by atoms with Gasteiger partial charge in [0.15, 0.2) is 0 Å². The van der Waals surface area contributed by atoms with Crippen LogP contribution in [0.1, 0.15) is 35.1 Å². The molecule has 1 saturated carbocycles. The molecule has 6 nitrogen and oxygen atoms in total. The average Bonchev–Trinajstić information content (AvgIpc) is 2.95. The Morgan fingerprint density at radius 2 is 2.29 bits per heavy atom. The Balaban J connectivity index is 1.70. The number of nitrogens with one attached hydrogen (secondary N) is 1. The van der Waals surface area contributed by atoms with Crippen LogP contribution in [0.5, 0.6) is 5.88 Å². The molecule has 0 bridgehead atoms. The lowest BCUT2D eigenvalue weighted by Gasteiger charge is -2.38. The van der Waals surface area contributed by atoms with Gasteiger partial charge in [-0.05, 0) is 31.2 Å². The molecule has 0 unspecified atom stereocenters. The molecule has 1 aliphatic carbocycles. The van der Waals surface area contributed by atoms with E-state index in [1.807, 2.05) is 18.4 Å². The molecule has 1 aliphatic rings. The minimum Gasteiger partial charge on any atom is -0.481 e. The van der Waals surface area contributed by atoms with Crippen LogP contribution in [-0.4, -0.2) is 34.2 Å². The number of aliphatic hydroxyl groups is 1. The number of rotatable bonds is 6. The summed E-state index contributed by atoms with van der Waals surface area (Å²) >= 11 is 1.54. The highest BCUT2D eigenvalue weighted by Gasteiger charge is 2.35. The molecule has 1 amide bonds. The molecule has 7 heteroatoms. The minimum absolute atomic E-state index is 0.0671. The van der Waals surface area contributed by atoms with E-state index in [-0.39, 0.29) is 30.4 Å². The summed E-state index contributed by atoms with van der Waals surface area (Å²) in [7, 11) is 1.57. The van der Waals surface area contributed by atoms with E-state index in [0.29, 0.717) is 18.7 Å². The third kappa shape index (κ3) is 3.91. The highest BCUT2D eigenvalue weighted by atomic mass is 32.1. The van der Waals surface area contributed by atoms with Crippen molar-refractivity contribution >= 4 is 17.2 Å². The van der Waals surface area contributed by atoms with E-state index in [1.165, 1.54) is 11.3 Å². The minimum atomic E-state index is -0.276. The first-order valence-corrected chi connectivity index (χ1v) is 8.81. The van der Waals surface area contributed by atoms with Crippen LogP contribution >= 0.6 is 11.3 Å². The van der Waals surface area contributed by atoms with Gasteiger partial charge in [-0.3, -0.25) is 4.79 Å². The SMILES string of the molecule is COc1ccc([C@@H](NC(=O)Cc2csc(C)n2)C2CC(O)C2)cn1. The van der Waals surface area contributed by atoms with E-state index in [0.717, 1.165) is 16.3 Å². The summed E-state index contributed by atoms with van der Waals surface area (Å²) in [6.07, 6.45) is 3.09. The fourth-order valence-corrected chi connectivity index (χ4v) is 3.56. The van der Waals surface area contributed by atoms with Crippen LogP contribution in [0.2, 0.25) is 0 Å². The van der Waals surface area contributed by atoms with Crippen molar-refractivity contribution in [3.63, 3.8) is 0 Å². The normalized spacial score (nSPS) is 21.0. The first-order chi connectivity index (χ1) is 11.5. The Morgan fingerprint density at radius 3 is 2.83 bits per heavy atom. The first-order valence-electron chi connectivity index (χ1n) is 7.93. The van der Waals surface area contributed by atoms with Gasteiger partial charge in [0.2, 0.25) is 11.8 Å². The van der Waals surface area contributed by atoms with Crippen LogP contribution < -0.4 is 10.1 Å². The van der Waals surface area contributed by atoms with Gasteiger partial charge in [0.1, 0.15) is 0 Å². The molecule has 128 valence electrons. The Labute approximate surface area is 144 Å². The predicted octanol–water partition coefficient (Wildman–Crippen LogP) is 2.03. The van der Waals surface area contributed by atoms with Crippen LogP contribution in [-0.2, 0) is 11.2 Å². The molecule has 3 rings (SSSR count). The molecule has 24 heavy (non-hydrogen) atoms. The zero-order valence-corrected chi connectivity index (χ0v) is 14.5. The summed E-state index contributed by atoms with van der Waals surface area (Å²) in [5, 5.41) is 15.6. The molecule has 1 atom stereocenters. The van der Waals surface area contributed by atoms with Crippen molar-refractivity contribution < 1.29 is 14.6 Å². The maximum Gasteiger partial charge on any atom is 0.226 e. The number of ether oxygens (including phenoxy) is 1. The average molecular weight is 347 g/mol. The third-order valence-electron chi connectivity index (χ3n) is 4.27. The molecule has 0 saturated heterocycles. The molecule has 2 aromatic rings. The smallest absolute Gasteiger partial charge is 0.226 e. The van der Waals surface area contributed by atoms with Gasteiger partial charge in [-0.2, -0.15) is 0 Å². The largest absolute Gasteiger partial charge is 0.481 e. The van der Waals surface area contributed by atoms with Gasteiger partial charge >= 0.3 is 0 Å². The van der Waals surface area contributed by atoms with Crippen molar-refractivity contribution in [3.05, 3.63) is 40.0 Å². The summed E-state index contributed by atoms with van der Waals surface area (Å²) in [6.45, 7) is 1.92. The lowest BCUT2D eigenvalue weighted by atomic mass is 9.75. The van der Waals surface area contributed by atoms with Gasteiger partial charge in [-0.25, -0.2) is 9.97 Å². The quantitative estimate of drug-likeness (QED) is 0.835. The van der Waals surface area contributed by atoms with Gasteiger partial charge in [0, 0.05) is 17.6 Å². The number of carbonyl (C=O) groups excluding carboxylic acids is 1. The number of aromatic nitrogens is 2. The molecular formula is C17H21N3O3S. The zero-order valence-electron chi connectivity index (χ0n) is 13.7. The summed E-state index contributed by atoms with van der Waals surface area (Å²) in [5.74, 6) is 0.689. The second kappa shape index (κ2) is 7.27. The van der Waals surface area contributed by atoms with E-state index in [4.69, 9.17) is 4.74 Å². The molecule has 0 spiro atoms. The highest BCUT2D eigenvalue weighted by Crippen LogP contribution is 2.38. The molecule has 0 aromatic carbocycles. The van der Waals surface area contributed by atoms with E-state index in [9.17, 15) is 9.90 Å². The van der Waals surface area contributed by atoms with Crippen LogP contribution in [0.25, 0.3) is 0 Å². The zero-order chi connectivity index (χ0) is 17.1. The van der Waals surface area contributed by atoms with Crippen LogP contribution in [0.3, 0.4) is 0 Å². The first kappa shape index (κ1) is 16.9. The number of hydrogen-bond acceptors (Lipinski definition) is 6. The summed E-state index contributed by atoms with van der Waals surface area (Å²) < 4.78 is 5.08. The summed E-state index contributed by atoms with van der Waals surface area (Å²) in [5.41, 5.74) is 1.71. The van der Waals surface area contributed by atoms with E-state index in [2.05, 4.69) is 15.3 Å². The highest BCUT2D eigenvalue weighted by molar-refractivity contribution is 7.09. The Kier molecular flexibility index (Phi) is 5.11. The fraction of sp³-hybridized carbons (Fsp3) is 0.471. The van der Waals surface area contributed by atoms with Gasteiger partial charge in [-0.15, -0.1) is 11.3 Å². The van der Waals surface area contributed by atoms with Crippen molar-refractivity contribution in [3.8, 4) is 5.88 Å². The number of aliphatic hydroxyl groups excluding tert-OH is 1. The van der Waals surface area contributed by atoms with E-state index in [1.54, 1.807) is 19.4 Å². The Morgan fingerprint density at radius 1 is 1.50 bits per heavy atom. The van der Waals surface area contributed by atoms with Crippen molar-refractivity contribution in [2.75, 3.05) is 7.11 Å². The predicted molar refractivity (Wildman–Crippen MR) is 91.0 cm³/mol. The fourth-order valence-electron chi connectivity index (χ4n) is 2.95. The number of methoxy groups -OCH3 is 1. The van der Waals surface area contributed by atoms with Crippen molar-refractivity contribution in [2.24, 2.45) is 5.92 Å². The van der Waals surface area contributed by atoms with Crippen LogP contribution in [0.4, 0.5) is 0 Å². The molecule has 2 aromatic heterocycles. The topological polar surface area (TPSA) is 84.3 Å². The number of thiazole rings is 1. The molecule has 1 fully saturated rings.